The number of nitrogens with two attached hydrogens (primary N) is 1. The fourth-order valence-corrected chi connectivity index (χ4v) is 3.87. The van der Waals surface area contributed by atoms with Crippen LogP contribution in [-0.4, -0.2) is 37.6 Å². The van der Waals surface area contributed by atoms with Crippen LogP contribution in [0.5, 0.6) is 0 Å². The maximum Gasteiger partial charge on any atom is 0.172 e. The van der Waals surface area contributed by atoms with Gasteiger partial charge < -0.3 is 11.1 Å². The summed E-state index contributed by atoms with van der Waals surface area (Å²) >= 11 is 0. The van der Waals surface area contributed by atoms with Gasteiger partial charge in [0.1, 0.15) is 5.52 Å². The molecule has 3 aromatic heterocycles. The molecule has 7 heteroatoms. The molecule has 4 aromatic rings. The highest BCUT2D eigenvalue weighted by Gasteiger charge is 2.17. The van der Waals surface area contributed by atoms with Crippen molar-refractivity contribution in [3.8, 4) is 11.1 Å². The minimum atomic E-state index is 0.461. The zero-order valence-electron chi connectivity index (χ0n) is 15.6. The third-order valence-corrected chi connectivity index (χ3v) is 5.41. The number of nitrogens with one attached hydrogen (secondary N) is 1. The van der Waals surface area contributed by atoms with E-state index in [4.69, 9.17) is 5.73 Å². The van der Waals surface area contributed by atoms with Crippen LogP contribution in [0.3, 0.4) is 0 Å². The first kappa shape index (κ1) is 16.9. The van der Waals surface area contributed by atoms with Crippen molar-refractivity contribution < 1.29 is 0 Å². The second-order valence-corrected chi connectivity index (χ2v) is 7.31. The highest BCUT2D eigenvalue weighted by Crippen LogP contribution is 2.27. The maximum atomic E-state index is 6.10. The molecule has 3 N–H and O–H groups in total. The number of aromatic nitrogens is 5. The normalized spacial score (nSPS) is 15.3. The predicted molar refractivity (Wildman–Crippen MR) is 110 cm³/mol. The van der Waals surface area contributed by atoms with Gasteiger partial charge in [0.25, 0.3) is 0 Å². The lowest BCUT2D eigenvalue weighted by Crippen LogP contribution is -2.29. The topological polar surface area (TPSA) is 86.6 Å². The summed E-state index contributed by atoms with van der Waals surface area (Å²) in [5.41, 5.74) is 11.1. The summed E-state index contributed by atoms with van der Waals surface area (Å²) in [6.07, 6.45) is 8.13. The van der Waals surface area contributed by atoms with Crippen LogP contribution in [0.15, 0.2) is 55.0 Å². The molecule has 0 spiro atoms. The Bertz CT molecular complexity index is 1090. The molecule has 0 unspecified atom stereocenters. The van der Waals surface area contributed by atoms with Gasteiger partial charge in [-0.3, -0.25) is 14.3 Å². The molecule has 28 heavy (non-hydrogen) atoms. The molecule has 0 amide bonds. The van der Waals surface area contributed by atoms with E-state index in [9.17, 15) is 0 Å². The minimum absolute atomic E-state index is 0.461. The zero-order valence-corrected chi connectivity index (χ0v) is 15.6. The van der Waals surface area contributed by atoms with E-state index in [1.807, 2.05) is 35.3 Å². The molecule has 0 bridgehead atoms. The molecular formula is C21H23N7. The molecular weight excluding hydrogens is 350 g/mol. The fraction of sp³-hybridized carbons (Fsp3) is 0.286. The molecule has 7 nitrogen and oxygen atoms in total. The number of fused-ring (bicyclic) bond motifs is 1. The van der Waals surface area contributed by atoms with Gasteiger partial charge in [0, 0.05) is 23.5 Å². The molecule has 1 aromatic carbocycles. The second-order valence-electron chi connectivity index (χ2n) is 7.31. The van der Waals surface area contributed by atoms with Crippen molar-refractivity contribution in [2.45, 2.75) is 25.4 Å². The van der Waals surface area contributed by atoms with Gasteiger partial charge >= 0.3 is 0 Å². The molecule has 1 saturated heterocycles. The maximum absolute atomic E-state index is 6.10. The van der Waals surface area contributed by atoms with E-state index in [1.165, 1.54) is 5.56 Å². The number of nitrogen functional groups attached to an aromatic ring is 1. The van der Waals surface area contributed by atoms with Crippen molar-refractivity contribution in [1.29, 1.82) is 0 Å². The fourth-order valence-electron chi connectivity index (χ4n) is 3.87. The van der Waals surface area contributed by atoms with Crippen LogP contribution in [0, 0.1) is 0 Å². The van der Waals surface area contributed by atoms with Crippen molar-refractivity contribution in [2.24, 2.45) is 0 Å². The quantitative estimate of drug-likeness (QED) is 0.574. The van der Waals surface area contributed by atoms with Crippen molar-refractivity contribution in [1.82, 2.24) is 29.9 Å². The molecule has 0 aliphatic carbocycles. The monoisotopic (exact) mass is 373 g/mol. The van der Waals surface area contributed by atoms with Crippen molar-refractivity contribution in [3.05, 3.63) is 60.6 Å². The van der Waals surface area contributed by atoms with Gasteiger partial charge in [-0.25, -0.2) is 0 Å². The Balaban J connectivity index is 1.49. The average Bonchev–Trinajstić information content (AvgIpc) is 3.35. The molecule has 0 radical (unpaired) electrons. The number of pyridine rings is 1. The van der Waals surface area contributed by atoms with Crippen LogP contribution < -0.4 is 11.1 Å². The number of rotatable bonds is 4. The summed E-state index contributed by atoms with van der Waals surface area (Å²) in [5, 5.41) is 12.5. The molecule has 0 atom stereocenters. The number of nitrogens with zero attached hydrogens (tertiary/aromatic N) is 5. The number of piperidine rings is 1. The summed E-state index contributed by atoms with van der Waals surface area (Å²) in [6.45, 7) is 2.75. The van der Waals surface area contributed by atoms with Crippen molar-refractivity contribution in [2.75, 3.05) is 18.8 Å². The third-order valence-electron chi connectivity index (χ3n) is 5.41. The molecule has 4 heterocycles. The van der Waals surface area contributed by atoms with Gasteiger partial charge in [-0.1, -0.05) is 30.3 Å². The largest absolute Gasteiger partial charge is 0.380 e. The Hall–Kier alpha value is -3.19. The average molecular weight is 373 g/mol. The third kappa shape index (κ3) is 3.14. The first-order chi connectivity index (χ1) is 13.8. The number of hydrogen-bond donors (Lipinski definition) is 2. The van der Waals surface area contributed by atoms with Crippen molar-refractivity contribution >= 4 is 16.9 Å². The van der Waals surface area contributed by atoms with Gasteiger partial charge in [0.05, 0.1) is 24.3 Å². The Morgan fingerprint density at radius 3 is 2.71 bits per heavy atom. The van der Waals surface area contributed by atoms with E-state index >= 15 is 0 Å². The zero-order chi connectivity index (χ0) is 18.9. The van der Waals surface area contributed by atoms with Gasteiger partial charge in [-0.2, -0.15) is 10.2 Å². The van der Waals surface area contributed by atoms with E-state index in [2.05, 4.69) is 49.6 Å². The van der Waals surface area contributed by atoms with Crippen LogP contribution in [0.25, 0.3) is 22.2 Å². The van der Waals surface area contributed by atoms with E-state index in [0.29, 0.717) is 18.4 Å². The van der Waals surface area contributed by atoms with Gasteiger partial charge in [0.2, 0.25) is 0 Å². The minimum Gasteiger partial charge on any atom is -0.380 e. The van der Waals surface area contributed by atoms with Gasteiger partial charge in [0.15, 0.2) is 5.82 Å². The lowest BCUT2D eigenvalue weighted by molar-refractivity contribution is 0.343. The summed E-state index contributed by atoms with van der Waals surface area (Å²) in [5.74, 6) is 0.461. The molecule has 1 fully saturated rings. The standard InChI is InChI=1S/C21H23N7/c22-21-20-19(28(26-21)13-15-4-2-1-3-5-15)10-16(11-24-20)17-12-25-27(14-17)18-6-8-23-9-7-18/h1-5,10-12,14,18,23H,6-9,13H2,(H2,22,26). The Morgan fingerprint density at radius 1 is 1.07 bits per heavy atom. The lowest BCUT2D eigenvalue weighted by atomic mass is 10.1. The summed E-state index contributed by atoms with van der Waals surface area (Å²) in [7, 11) is 0. The van der Waals surface area contributed by atoms with E-state index in [1.54, 1.807) is 0 Å². The molecule has 1 aliphatic rings. The van der Waals surface area contributed by atoms with Crippen LogP contribution in [0.2, 0.25) is 0 Å². The Labute approximate surface area is 163 Å². The number of anilines is 1. The highest BCUT2D eigenvalue weighted by molar-refractivity contribution is 5.88. The molecule has 142 valence electrons. The first-order valence-corrected chi connectivity index (χ1v) is 9.69. The van der Waals surface area contributed by atoms with Crippen LogP contribution >= 0.6 is 0 Å². The molecule has 1 aliphatic heterocycles. The second kappa shape index (κ2) is 7.09. The van der Waals surface area contributed by atoms with Crippen LogP contribution in [0.1, 0.15) is 24.4 Å². The molecule has 5 rings (SSSR count). The highest BCUT2D eigenvalue weighted by atomic mass is 15.3. The first-order valence-electron chi connectivity index (χ1n) is 9.69. The van der Waals surface area contributed by atoms with Crippen LogP contribution in [0.4, 0.5) is 5.82 Å². The summed E-state index contributed by atoms with van der Waals surface area (Å²) in [4.78, 5) is 4.59. The van der Waals surface area contributed by atoms with Crippen molar-refractivity contribution in [3.63, 3.8) is 0 Å². The van der Waals surface area contributed by atoms with E-state index in [-0.39, 0.29) is 0 Å². The molecule has 0 saturated carbocycles. The SMILES string of the molecule is Nc1nn(Cc2ccccc2)c2cc(-c3cnn(C4CCNCC4)c3)cnc12. The summed E-state index contributed by atoms with van der Waals surface area (Å²) in [6, 6.07) is 12.8. The Morgan fingerprint density at radius 2 is 1.89 bits per heavy atom. The number of benzene rings is 1. The van der Waals surface area contributed by atoms with Crippen LogP contribution in [-0.2, 0) is 6.54 Å². The van der Waals surface area contributed by atoms with E-state index in [0.717, 1.165) is 48.1 Å². The predicted octanol–water partition coefficient (Wildman–Crippen LogP) is 2.85. The summed E-state index contributed by atoms with van der Waals surface area (Å²) < 4.78 is 4.02. The Kier molecular flexibility index (Phi) is 4.29. The van der Waals surface area contributed by atoms with Gasteiger partial charge in [-0.15, -0.1) is 0 Å². The number of hydrogen-bond acceptors (Lipinski definition) is 5. The lowest BCUT2D eigenvalue weighted by Gasteiger charge is -2.22. The van der Waals surface area contributed by atoms with Gasteiger partial charge in [-0.05, 0) is 37.6 Å². The smallest absolute Gasteiger partial charge is 0.172 e. The van der Waals surface area contributed by atoms with E-state index < -0.39 is 0 Å².